The van der Waals surface area contributed by atoms with Crippen LogP contribution in [0.4, 0.5) is 0 Å². The summed E-state index contributed by atoms with van der Waals surface area (Å²) in [6.07, 6.45) is 3.42. The van der Waals surface area contributed by atoms with Crippen molar-refractivity contribution in [2.24, 2.45) is 13.0 Å². The van der Waals surface area contributed by atoms with E-state index in [1.54, 1.807) is 31.3 Å². The minimum atomic E-state index is -0.673. The largest absolute Gasteiger partial charge is 0.355 e. The zero-order chi connectivity index (χ0) is 19.4. The molecule has 2 aromatic rings. The van der Waals surface area contributed by atoms with E-state index in [1.807, 2.05) is 0 Å². The summed E-state index contributed by atoms with van der Waals surface area (Å²) in [6.45, 7) is 5.94. The van der Waals surface area contributed by atoms with E-state index in [2.05, 4.69) is 17.1 Å². The molecule has 1 saturated heterocycles. The van der Waals surface area contributed by atoms with Gasteiger partial charge in [0.25, 0.3) is 0 Å². The van der Waals surface area contributed by atoms with Crippen molar-refractivity contribution in [3.8, 4) is 0 Å². The maximum atomic E-state index is 12.3. The summed E-state index contributed by atoms with van der Waals surface area (Å²) in [5, 5.41) is 2.87. The number of rotatable bonds is 6. The average Bonchev–Trinajstić information content (AvgIpc) is 2.67. The first kappa shape index (κ1) is 19.4. The van der Waals surface area contributed by atoms with E-state index in [1.165, 1.54) is 22.0 Å². The summed E-state index contributed by atoms with van der Waals surface area (Å²) in [7, 11) is 1.57. The third kappa shape index (κ3) is 4.47. The van der Waals surface area contributed by atoms with E-state index < -0.39 is 11.1 Å². The number of aryl methyl sites for hydroxylation is 1. The topological polar surface area (TPSA) is 76.3 Å². The summed E-state index contributed by atoms with van der Waals surface area (Å²) in [6, 6.07) is 7.11. The van der Waals surface area contributed by atoms with Crippen LogP contribution in [0, 0.1) is 5.92 Å². The van der Waals surface area contributed by atoms with Crippen molar-refractivity contribution in [1.29, 1.82) is 0 Å². The van der Waals surface area contributed by atoms with Crippen LogP contribution < -0.4 is 16.4 Å². The van der Waals surface area contributed by atoms with E-state index in [0.29, 0.717) is 17.6 Å². The number of aromatic nitrogens is 2. The fraction of sp³-hybridized carbons (Fsp3) is 0.550. The Balaban J connectivity index is 1.60. The van der Waals surface area contributed by atoms with Crippen molar-refractivity contribution >= 4 is 16.9 Å². The molecule has 7 heteroatoms. The van der Waals surface area contributed by atoms with Gasteiger partial charge in [0.15, 0.2) is 0 Å². The molecule has 1 atom stereocenters. The van der Waals surface area contributed by atoms with Crippen LogP contribution in [0.5, 0.6) is 0 Å². The summed E-state index contributed by atoms with van der Waals surface area (Å²) < 4.78 is 2.59. The second-order valence-corrected chi connectivity index (χ2v) is 7.50. The maximum Gasteiger partial charge on any atom is 0.317 e. The van der Waals surface area contributed by atoms with Gasteiger partial charge in [0, 0.05) is 20.1 Å². The summed E-state index contributed by atoms with van der Waals surface area (Å²) in [5.74, 6) is 0.497. The van der Waals surface area contributed by atoms with Crippen molar-refractivity contribution in [3.63, 3.8) is 0 Å². The fourth-order valence-electron chi connectivity index (χ4n) is 3.83. The highest BCUT2D eigenvalue weighted by atomic mass is 16.2. The molecule has 1 fully saturated rings. The number of nitrogens with one attached hydrogen (secondary N) is 1. The molecule has 1 N–H and O–H groups in total. The number of benzene rings is 1. The van der Waals surface area contributed by atoms with Crippen molar-refractivity contribution in [2.75, 3.05) is 26.2 Å². The highest BCUT2D eigenvalue weighted by molar-refractivity contribution is 5.80. The van der Waals surface area contributed by atoms with Gasteiger partial charge >= 0.3 is 11.1 Å². The van der Waals surface area contributed by atoms with E-state index in [-0.39, 0.29) is 12.5 Å². The molecule has 0 bridgehead atoms. The quantitative estimate of drug-likeness (QED) is 0.605. The van der Waals surface area contributed by atoms with Crippen molar-refractivity contribution in [1.82, 2.24) is 19.4 Å². The Bertz CT molecular complexity index is 931. The van der Waals surface area contributed by atoms with Crippen LogP contribution in [0.2, 0.25) is 0 Å². The van der Waals surface area contributed by atoms with Gasteiger partial charge in [-0.1, -0.05) is 19.1 Å². The molecular weight excluding hydrogens is 344 g/mol. The summed E-state index contributed by atoms with van der Waals surface area (Å²) in [4.78, 5) is 39.2. The highest BCUT2D eigenvalue weighted by Crippen LogP contribution is 2.15. The molecule has 1 amide bonds. The van der Waals surface area contributed by atoms with E-state index in [9.17, 15) is 14.4 Å². The number of nitrogens with zero attached hydrogens (tertiary/aromatic N) is 3. The van der Waals surface area contributed by atoms with Gasteiger partial charge in [-0.3, -0.25) is 19.0 Å². The third-order valence-corrected chi connectivity index (χ3v) is 5.28. The third-order valence-electron chi connectivity index (χ3n) is 5.28. The minimum Gasteiger partial charge on any atom is -0.355 e. The van der Waals surface area contributed by atoms with Gasteiger partial charge in [-0.25, -0.2) is 0 Å². The first-order valence-electron chi connectivity index (χ1n) is 9.65. The second kappa shape index (κ2) is 8.52. The molecule has 0 radical (unpaired) electrons. The number of hydrogen-bond acceptors (Lipinski definition) is 4. The number of carbonyl (C=O) groups excluding carboxylic acids is 1. The predicted octanol–water partition coefficient (Wildman–Crippen LogP) is 0.938. The van der Waals surface area contributed by atoms with Crippen LogP contribution >= 0.6 is 0 Å². The fourth-order valence-corrected chi connectivity index (χ4v) is 3.83. The first-order valence-corrected chi connectivity index (χ1v) is 9.65. The molecule has 3 rings (SSSR count). The number of piperidine rings is 1. The summed E-state index contributed by atoms with van der Waals surface area (Å²) in [5.41, 5.74) is -0.0782. The number of likely N-dealkylation sites (tertiary alicyclic amines) is 1. The number of para-hydroxylation sites is 2. The van der Waals surface area contributed by atoms with Gasteiger partial charge < -0.3 is 14.8 Å². The number of fused-ring (bicyclic) bond motifs is 1. The molecule has 27 heavy (non-hydrogen) atoms. The Hall–Kier alpha value is -2.41. The number of carbonyl (C=O) groups is 1. The molecule has 0 saturated carbocycles. The van der Waals surface area contributed by atoms with Crippen molar-refractivity contribution < 1.29 is 4.79 Å². The van der Waals surface area contributed by atoms with Gasteiger partial charge in [0.1, 0.15) is 6.54 Å². The number of amides is 1. The Morgan fingerprint density at radius 2 is 1.93 bits per heavy atom. The molecule has 146 valence electrons. The molecule has 0 spiro atoms. The lowest BCUT2D eigenvalue weighted by Crippen LogP contribution is -2.43. The molecule has 7 nitrogen and oxygen atoms in total. The SMILES string of the molecule is CC1CCCN(CCCNC(=O)Cn2c(=O)c(=O)n(C)c3ccccc32)C1. The van der Waals surface area contributed by atoms with Gasteiger partial charge in [0.05, 0.1) is 11.0 Å². The molecule has 1 aliphatic rings. The average molecular weight is 372 g/mol. The zero-order valence-corrected chi connectivity index (χ0v) is 16.1. The first-order chi connectivity index (χ1) is 13.0. The van der Waals surface area contributed by atoms with Gasteiger partial charge in [0.2, 0.25) is 5.91 Å². The molecular formula is C20H28N4O3. The molecule has 2 heterocycles. The van der Waals surface area contributed by atoms with Gasteiger partial charge in [-0.2, -0.15) is 0 Å². The van der Waals surface area contributed by atoms with Crippen LogP contribution in [-0.4, -0.2) is 46.1 Å². The molecule has 0 aliphatic carbocycles. The van der Waals surface area contributed by atoms with Crippen LogP contribution in [-0.2, 0) is 18.4 Å². The molecule has 1 unspecified atom stereocenters. The Morgan fingerprint density at radius 1 is 1.19 bits per heavy atom. The Kier molecular flexibility index (Phi) is 6.11. The van der Waals surface area contributed by atoms with E-state index in [0.717, 1.165) is 32.0 Å². The Morgan fingerprint density at radius 3 is 2.67 bits per heavy atom. The lowest BCUT2D eigenvalue weighted by atomic mass is 10.0. The predicted molar refractivity (Wildman–Crippen MR) is 106 cm³/mol. The van der Waals surface area contributed by atoms with Crippen LogP contribution in [0.25, 0.3) is 11.0 Å². The lowest BCUT2D eigenvalue weighted by Gasteiger charge is -2.30. The second-order valence-electron chi connectivity index (χ2n) is 7.50. The van der Waals surface area contributed by atoms with Crippen molar-refractivity contribution in [2.45, 2.75) is 32.7 Å². The smallest absolute Gasteiger partial charge is 0.317 e. The summed E-state index contributed by atoms with van der Waals surface area (Å²) >= 11 is 0. The van der Waals surface area contributed by atoms with Crippen LogP contribution in [0.1, 0.15) is 26.2 Å². The minimum absolute atomic E-state index is 0.143. The molecule has 1 aliphatic heterocycles. The van der Waals surface area contributed by atoms with Crippen LogP contribution in [0.3, 0.4) is 0 Å². The highest BCUT2D eigenvalue weighted by Gasteiger charge is 2.16. The van der Waals surface area contributed by atoms with Crippen LogP contribution in [0.15, 0.2) is 33.9 Å². The zero-order valence-electron chi connectivity index (χ0n) is 16.1. The van der Waals surface area contributed by atoms with E-state index in [4.69, 9.17) is 0 Å². The molecule has 1 aromatic carbocycles. The normalized spacial score (nSPS) is 17.9. The van der Waals surface area contributed by atoms with Gasteiger partial charge in [-0.05, 0) is 50.4 Å². The standard InChI is InChI=1S/C20H28N4O3/c1-15-7-5-11-23(13-15)12-6-10-21-18(25)14-24-17-9-4-3-8-16(17)22(2)19(26)20(24)27/h3-4,8-9,15H,5-7,10-14H2,1-2H3,(H,21,25). The maximum absolute atomic E-state index is 12.3. The molecule has 1 aromatic heterocycles. The van der Waals surface area contributed by atoms with Crippen molar-refractivity contribution in [3.05, 3.63) is 45.0 Å². The monoisotopic (exact) mass is 372 g/mol. The Labute approximate surface area is 158 Å². The van der Waals surface area contributed by atoms with E-state index >= 15 is 0 Å². The lowest BCUT2D eigenvalue weighted by molar-refractivity contribution is -0.121. The van der Waals surface area contributed by atoms with Gasteiger partial charge in [-0.15, -0.1) is 0 Å². The number of hydrogen-bond donors (Lipinski definition) is 1.